The molecule has 10 heteroatoms. The number of likely N-dealkylation sites (tertiary alicyclic amines) is 1. The van der Waals surface area contributed by atoms with Crippen molar-refractivity contribution >= 4 is 11.6 Å². The number of hydrogen-bond acceptors (Lipinski definition) is 6. The molecule has 0 unspecified atom stereocenters. The van der Waals surface area contributed by atoms with E-state index in [2.05, 4.69) is 45.7 Å². The molecule has 0 atom stereocenters. The van der Waals surface area contributed by atoms with Gasteiger partial charge in [0, 0.05) is 36.7 Å². The summed E-state index contributed by atoms with van der Waals surface area (Å²) in [5.74, 6) is 0.215. The average Bonchev–Trinajstić information content (AvgIpc) is 2.62. The number of nitrogens with zero attached hydrogens (tertiary/aromatic N) is 3. The van der Waals surface area contributed by atoms with Crippen LogP contribution in [0.2, 0.25) is 0 Å². The Hall–Kier alpha value is -2.88. The molecule has 3 rings (SSSR count). The molecule has 0 aliphatic carbocycles. The molecule has 1 aromatic heterocycles. The van der Waals surface area contributed by atoms with Crippen molar-refractivity contribution in [2.24, 2.45) is 0 Å². The topological polar surface area (TPSA) is 76.6 Å². The summed E-state index contributed by atoms with van der Waals surface area (Å²) in [4.78, 5) is 21.8. The number of nitrogens with one attached hydrogen (secondary N) is 1. The van der Waals surface area contributed by atoms with E-state index in [4.69, 9.17) is 4.74 Å². The summed E-state index contributed by atoms with van der Waals surface area (Å²) in [5, 5.41) is 2.67. The number of hydrogen-bond donors (Lipinski definition) is 1. The minimum atomic E-state index is -4.49. The van der Waals surface area contributed by atoms with Gasteiger partial charge in [0.1, 0.15) is 11.9 Å². The lowest BCUT2D eigenvalue weighted by Gasteiger charge is -2.47. The van der Waals surface area contributed by atoms with Crippen molar-refractivity contribution in [3.05, 3.63) is 42.2 Å². The van der Waals surface area contributed by atoms with E-state index < -0.39 is 24.7 Å². The number of carbonyl (C=O) groups is 1. The summed E-state index contributed by atoms with van der Waals surface area (Å²) in [5.41, 5.74) is 0.751. The summed E-state index contributed by atoms with van der Waals surface area (Å²) in [6.45, 7) is 6.72. The second-order valence-corrected chi connectivity index (χ2v) is 7.95. The number of amides is 1. The Morgan fingerprint density at radius 3 is 2.27 bits per heavy atom. The van der Waals surface area contributed by atoms with Crippen LogP contribution in [0.25, 0.3) is 0 Å². The molecule has 30 heavy (non-hydrogen) atoms. The van der Waals surface area contributed by atoms with E-state index in [0.29, 0.717) is 11.4 Å². The molecule has 162 valence electrons. The van der Waals surface area contributed by atoms with Crippen LogP contribution < -0.4 is 14.8 Å². The molecule has 0 saturated carbocycles. The minimum Gasteiger partial charge on any atom is -0.488 e. The van der Waals surface area contributed by atoms with Crippen LogP contribution in [0.4, 0.5) is 18.9 Å². The van der Waals surface area contributed by atoms with Crippen LogP contribution >= 0.6 is 0 Å². The van der Waals surface area contributed by atoms with Crippen LogP contribution in [-0.4, -0.2) is 58.3 Å². The largest absolute Gasteiger partial charge is 0.488 e. The van der Waals surface area contributed by atoms with E-state index in [1.54, 1.807) is 24.3 Å². The molecule has 1 aromatic carbocycles. The Morgan fingerprint density at radius 2 is 1.73 bits per heavy atom. The van der Waals surface area contributed by atoms with E-state index in [1.807, 2.05) is 0 Å². The Bertz CT molecular complexity index is 859. The zero-order chi connectivity index (χ0) is 21.9. The molecule has 0 spiro atoms. The Kier molecular flexibility index (Phi) is 6.16. The van der Waals surface area contributed by atoms with Crippen molar-refractivity contribution in [3.63, 3.8) is 0 Å². The number of alkyl halides is 3. The van der Waals surface area contributed by atoms with Gasteiger partial charge in [-0.25, -0.2) is 9.97 Å². The highest BCUT2D eigenvalue weighted by Crippen LogP contribution is 2.25. The third-order valence-electron chi connectivity index (χ3n) is 4.47. The normalized spacial score (nSPS) is 15.4. The van der Waals surface area contributed by atoms with Crippen molar-refractivity contribution < 1.29 is 27.4 Å². The maximum Gasteiger partial charge on any atom is 0.422 e. The molecule has 1 aliphatic heterocycles. The van der Waals surface area contributed by atoms with Gasteiger partial charge in [0.15, 0.2) is 6.61 Å². The molecule has 1 fully saturated rings. The van der Waals surface area contributed by atoms with Crippen molar-refractivity contribution in [2.45, 2.75) is 38.6 Å². The summed E-state index contributed by atoms with van der Waals surface area (Å²) in [6, 6.07) is 6.48. The van der Waals surface area contributed by atoms with Gasteiger partial charge in [-0.3, -0.25) is 9.69 Å². The zero-order valence-corrected chi connectivity index (χ0v) is 16.9. The third kappa shape index (κ3) is 6.06. The van der Waals surface area contributed by atoms with Gasteiger partial charge in [-0.1, -0.05) is 0 Å². The lowest BCUT2D eigenvalue weighted by molar-refractivity contribution is -0.154. The summed E-state index contributed by atoms with van der Waals surface area (Å²) in [6.07, 6.45) is -2.15. The number of aromatic nitrogens is 2. The van der Waals surface area contributed by atoms with E-state index in [9.17, 15) is 18.0 Å². The van der Waals surface area contributed by atoms with Crippen LogP contribution in [0.1, 0.15) is 31.1 Å². The van der Waals surface area contributed by atoms with Crippen LogP contribution in [0.5, 0.6) is 11.8 Å². The predicted molar refractivity (Wildman–Crippen MR) is 104 cm³/mol. The molecule has 1 N–H and O–H groups in total. The molecule has 1 amide bonds. The number of anilines is 1. The average molecular weight is 424 g/mol. The first-order chi connectivity index (χ1) is 14.0. The van der Waals surface area contributed by atoms with Crippen LogP contribution in [0.15, 0.2) is 36.7 Å². The lowest BCUT2D eigenvalue weighted by Crippen LogP contribution is -2.60. The van der Waals surface area contributed by atoms with Crippen molar-refractivity contribution in [2.75, 3.05) is 25.0 Å². The fraction of sp³-hybridized carbons (Fsp3) is 0.450. The number of halogens is 3. The Balaban J connectivity index is 1.49. The molecular formula is C20H23F3N4O3. The van der Waals surface area contributed by atoms with Gasteiger partial charge in [0.05, 0.1) is 5.56 Å². The molecule has 7 nitrogen and oxygen atoms in total. The fourth-order valence-corrected chi connectivity index (χ4v) is 2.73. The molecule has 0 radical (unpaired) electrons. The number of rotatable bonds is 6. The number of carbonyl (C=O) groups excluding carboxylic acids is 1. The second-order valence-electron chi connectivity index (χ2n) is 7.95. The highest BCUT2D eigenvalue weighted by atomic mass is 19.4. The first-order valence-corrected chi connectivity index (χ1v) is 9.34. The van der Waals surface area contributed by atoms with Gasteiger partial charge in [-0.05, 0) is 45.0 Å². The Labute approximate surface area is 172 Å². The summed E-state index contributed by atoms with van der Waals surface area (Å²) >= 11 is 0. The molecular weight excluding hydrogens is 401 g/mol. The predicted octanol–water partition coefficient (Wildman–Crippen LogP) is 3.53. The third-order valence-corrected chi connectivity index (χ3v) is 4.47. The van der Waals surface area contributed by atoms with Gasteiger partial charge >= 0.3 is 12.2 Å². The van der Waals surface area contributed by atoms with Crippen LogP contribution in [0.3, 0.4) is 0 Å². The van der Waals surface area contributed by atoms with Crippen LogP contribution in [0, 0.1) is 0 Å². The second kappa shape index (κ2) is 8.47. The van der Waals surface area contributed by atoms with Gasteiger partial charge < -0.3 is 14.8 Å². The highest BCUT2D eigenvalue weighted by molar-refractivity contribution is 6.03. The van der Waals surface area contributed by atoms with E-state index in [-0.39, 0.29) is 17.2 Å². The maximum absolute atomic E-state index is 12.2. The van der Waals surface area contributed by atoms with E-state index >= 15 is 0 Å². The van der Waals surface area contributed by atoms with E-state index in [1.165, 1.54) is 0 Å². The van der Waals surface area contributed by atoms with Crippen molar-refractivity contribution in [1.29, 1.82) is 0 Å². The van der Waals surface area contributed by atoms with Crippen LogP contribution in [-0.2, 0) is 0 Å². The molecule has 0 bridgehead atoms. The summed E-state index contributed by atoms with van der Waals surface area (Å²) in [7, 11) is 0. The molecule has 1 saturated heterocycles. The first kappa shape index (κ1) is 21.8. The summed E-state index contributed by atoms with van der Waals surface area (Å²) < 4.78 is 46.7. The van der Waals surface area contributed by atoms with Gasteiger partial charge in [0.2, 0.25) is 0 Å². The van der Waals surface area contributed by atoms with Crippen molar-refractivity contribution in [1.82, 2.24) is 14.9 Å². The maximum atomic E-state index is 12.2. The van der Waals surface area contributed by atoms with Gasteiger partial charge in [0.25, 0.3) is 5.91 Å². The van der Waals surface area contributed by atoms with E-state index in [0.717, 1.165) is 25.5 Å². The van der Waals surface area contributed by atoms with Gasteiger partial charge in [-0.15, -0.1) is 0 Å². The van der Waals surface area contributed by atoms with Gasteiger partial charge in [-0.2, -0.15) is 13.2 Å². The number of ether oxygens (including phenoxy) is 2. The fourth-order valence-electron chi connectivity index (χ4n) is 2.73. The number of benzene rings is 1. The highest BCUT2D eigenvalue weighted by Gasteiger charge is 2.35. The zero-order valence-electron chi connectivity index (χ0n) is 16.9. The first-order valence-electron chi connectivity index (χ1n) is 9.34. The Morgan fingerprint density at radius 1 is 1.13 bits per heavy atom. The quantitative estimate of drug-likeness (QED) is 0.765. The smallest absolute Gasteiger partial charge is 0.422 e. The standard InChI is InChI=1S/C20H23F3N4O3/c1-19(2,3)27-10-16(11-27)30-15-6-4-14(5-7-15)26-17(28)13-8-24-18(25-9-13)29-12-20(21,22)23/h4-9,16H,10-12H2,1-3H3,(H,26,28). The SMILES string of the molecule is CC(C)(C)N1CC(Oc2ccc(NC(=O)c3cnc(OCC(F)(F)F)nc3)cc2)C1. The monoisotopic (exact) mass is 424 g/mol. The lowest BCUT2D eigenvalue weighted by atomic mass is 9.99. The molecule has 2 heterocycles. The molecule has 2 aromatic rings. The molecule has 1 aliphatic rings. The van der Waals surface area contributed by atoms with Crippen molar-refractivity contribution in [3.8, 4) is 11.8 Å². The minimum absolute atomic E-state index is 0.0893.